The summed E-state index contributed by atoms with van der Waals surface area (Å²) in [5.41, 5.74) is 0.525. The maximum Gasteiger partial charge on any atom is 0.228 e. The third kappa shape index (κ3) is 3.46. The van der Waals surface area contributed by atoms with Crippen LogP contribution in [0.2, 0.25) is 0 Å². The van der Waals surface area contributed by atoms with E-state index in [2.05, 4.69) is 4.90 Å². The van der Waals surface area contributed by atoms with E-state index >= 15 is 0 Å². The maximum atomic E-state index is 13.2. The van der Waals surface area contributed by atoms with Crippen LogP contribution >= 0.6 is 0 Å². The van der Waals surface area contributed by atoms with Crippen LogP contribution in [0.1, 0.15) is 20.8 Å². The summed E-state index contributed by atoms with van der Waals surface area (Å²) in [4.78, 5) is 16.3. The van der Waals surface area contributed by atoms with Crippen LogP contribution in [-0.2, 0) is 4.79 Å². The lowest BCUT2D eigenvalue weighted by Crippen LogP contribution is -2.51. The molecule has 0 aliphatic carbocycles. The number of anilines is 1. The summed E-state index contributed by atoms with van der Waals surface area (Å²) in [6.07, 6.45) is 0. The summed E-state index contributed by atoms with van der Waals surface area (Å²) in [6, 6.07) is 4.56. The van der Waals surface area contributed by atoms with Gasteiger partial charge in [-0.2, -0.15) is 0 Å². The molecule has 1 aliphatic rings. The molecule has 0 N–H and O–H groups in total. The van der Waals surface area contributed by atoms with Crippen molar-refractivity contribution in [3.63, 3.8) is 0 Å². The van der Waals surface area contributed by atoms with Gasteiger partial charge in [-0.05, 0) is 12.1 Å². The van der Waals surface area contributed by atoms with Crippen LogP contribution in [0.15, 0.2) is 18.2 Å². The Hall–Kier alpha value is -1.78. The number of halogens is 1. The molecular formula is C16H23FN2O2. The molecule has 1 fully saturated rings. The summed E-state index contributed by atoms with van der Waals surface area (Å²) < 4.78 is 18.5. The lowest BCUT2D eigenvalue weighted by atomic mass is 9.94. The number of rotatable bonds is 2. The van der Waals surface area contributed by atoms with Gasteiger partial charge in [0.1, 0.15) is 11.6 Å². The summed E-state index contributed by atoms with van der Waals surface area (Å²) >= 11 is 0. The Kier molecular flexibility index (Phi) is 4.40. The smallest absolute Gasteiger partial charge is 0.228 e. The number of carbonyl (C=O) groups excluding carboxylic acids is 1. The summed E-state index contributed by atoms with van der Waals surface area (Å²) in [7, 11) is 1.54. The van der Waals surface area contributed by atoms with Gasteiger partial charge in [-0.1, -0.05) is 20.8 Å². The second-order valence-corrected chi connectivity index (χ2v) is 6.35. The summed E-state index contributed by atoms with van der Waals surface area (Å²) in [5, 5.41) is 0. The Labute approximate surface area is 125 Å². The normalized spacial score (nSPS) is 16.0. The van der Waals surface area contributed by atoms with Crippen LogP contribution in [0, 0.1) is 11.2 Å². The molecule has 1 aromatic rings. The van der Waals surface area contributed by atoms with Crippen LogP contribution in [0.3, 0.4) is 0 Å². The minimum absolute atomic E-state index is 0.174. The van der Waals surface area contributed by atoms with E-state index in [1.807, 2.05) is 25.7 Å². The highest BCUT2D eigenvalue weighted by atomic mass is 19.1. The number of hydrogen-bond donors (Lipinski definition) is 0. The minimum Gasteiger partial charge on any atom is -0.494 e. The molecule has 1 saturated heterocycles. The van der Waals surface area contributed by atoms with Gasteiger partial charge in [0, 0.05) is 37.7 Å². The number of ether oxygens (including phenoxy) is 1. The molecule has 116 valence electrons. The molecule has 4 nitrogen and oxygen atoms in total. The van der Waals surface area contributed by atoms with E-state index in [1.165, 1.54) is 19.2 Å². The first kappa shape index (κ1) is 15.6. The van der Waals surface area contributed by atoms with E-state index < -0.39 is 0 Å². The number of nitrogens with zero attached hydrogens (tertiary/aromatic N) is 2. The molecule has 0 atom stereocenters. The fourth-order valence-electron chi connectivity index (χ4n) is 2.54. The monoisotopic (exact) mass is 294 g/mol. The first-order valence-corrected chi connectivity index (χ1v) is 7.21. The molecule has 0 saturated carbocycles. The Bertz CT molecular complexity index is 517. The molecule has 1 aromatic carbocycles. The molecule has 2 rings (SSSR count). The van der Waals surface area contributed by atoms with Crippen LogP contribution < -0.4 is 9.64 Å². The van der Waals surface area contributed by atoms with Crippen molar-refractivity contribution < 1.29 is 13.9 Å². The number of amides is 1. The van der Waals surface area contributed by atoms with E-state index in [-0.39, 0.29) is 17.1 Å². The predicted octanol–water partition coefficient (Wildman–Crippen LogP) is 2.53. The Balaban J connectivity index is 2.06. The zero-order valence-corrected chi connectivity index (χ0v) is 13.1. The maximum absolute atomic E-state index is 13.2. The van der Waals surface area contributed by atoms with Crippen LogP contribution in [0.5, 0.6) is 5.75 Å². The standard InChI is InChI=1S/C16H23FN2O2/c1-16(2,3)15(20)19-9-7-18(8-10-19)13-6-5-12(17)11-14(13)21-4/h5-6,11H,7-10H2,1-4H3. The number of hydrogen-bond acceptors (Lipinski definition) is 3. The van der Waals surface area contributed by atoms with E-state index in [1.54, 1.807) is 6.07 Å². The highest BCUT2D eigenvalue weighted by Gasteiger charge is 2.30. The van der Waals surface area contributed by atoms with Gasteiger partial charge in [0.15, 0.2) is 0 Å². The summed E-state index contributed by atoms with van der Waals surface area (Å²) in [6.45, 7) is 8.61. The van der Waals surface area contributed by atoms with Crippen LogP contribution in [-0.4, -0.2) is 44.1 Å². The third-order valence-corrected chi connectivity index (χ3v) is 3.69. The van der Waals surface area contributed by atoms with Gasteiger partial charge in [-0.25, -0.2) is 4.39 Å². The molecule has 5 heteroatoms. The van der Waals surface area contributed by atoms with Gasteiger partial charge in [-0.15, -0.1) is 0 Å². The largest absolute Gasteiger partial charge is 0.494 e. The van der Waals surface area contributed by atoms with Crippen molar-refractivity contribution in [2.24, 2.45) is 5.41 Å². The molecular weight excluding hydrogens is 271 g/mol. The number of benzene rings is 1. The van der Waals surface area contributed by atoms with E-state index in [0.717, 1.165) is 18.8 Å². The van der Waals surface area contributed by atoms with Crippen molar-refractivity contribution in [2.75, 3.05) is 38.2 Å². The first-order chi connectivity index (χ1) is 9.82. The summed E-state index contributed by atoms with van der Waals surface area (Å²) in [5.74, 6) is 0.399. The molecule has 0 radical (unpaired) electrons. The van der Waals surface area contributed by atoms with Crippen molar-refractivity contribution in [1.82, 2.24) is 4.90 Å². The van der Waals surface area contributed by atoms with Gasteiger partial charge in [0.25, 0.3) is 0 Å². The first-order valence-electron chi connectivity index (χ1n) is 7.21. The lowest BCUT2D eigenvalue weighted by molar-refractivity contribution is -0.139. The average Bonchev–Trinajstić information content (AvgIpc) is 2.45. The minimum atomic E-state index is -0.351. The zero-order valence-electron chi connectivity index (χ0n) is 13.1. The Morgan fingerprint density at radius 2 is 1.81 bits per heavy atom. The second kappa shape index (κ2) is 5.92. The molecule has 0 aromatic heterocycles. The molecule has 0 spiro atoms. The topological polar surface area (TPSA) is 32.8 Å². The molecule has 1 amide bonds. The van der Waals surface area contributed by atoms with Gasteiger partial charge >= 0.3 is 0 Å². The van der Waals surface area contributed by atoms with Crippen LogP contribution in [0.4, 0.5) is 10.1 Å². The fraction of sp³-hybridized carbons (Fsp3) is 0.562. The zero-order chi connectivity index (χ0) is 15.6. The van der Waals surface area contributed by atoms with Crippen LogP contribution in [0.25, 0.3) is 0 Å². The van der Waals surface area contributed by atoms with Gasteiger partial charge in [-0.3, -0.25) is 4.79 Å². The van der Waals surface area contributed by atoms with E-state index in [4.69, 9.17) is 4.74 Å². The van der Waals surface area contributed by atoms with E-state index in [0.29, 0.717) is 18.8 Å². The van der Waals surface area contributed by atoms with Crippen molar-refractivity contribution in [3.8, 4) is 5.75 Å². The van der Waals surface area contributed by atoms with Gasteiger partial charge in [0.05, 0.1) is 12.8 Å². The Morgan fingerprint density at radius 1 is 1.19 bits per heavy atom. The highest BCUT2D eigenvalue weighted by Crippen LogP contribution is 2.30. The van der Waals surface area contributed by atoms with Crippen molar-refractivity contribution in [1.29, 1.82) is 0 Å². The SMILES string of the molecule is COc1cc(F)ccc1N1CCN(C(=O)C(C)(C)C)CC1. The van der Waals surface area contributed by atoms with Gasteiger partial charge in [0.2, 0.25) is 5.91 Å². The average molecular weight is 294 g/mol. The van der Waals surface area contributed by atoms with Crippen molar-refractivity contribution in [3.05, 3.63) is 24.0 Å². The highest BCUT2D eigenvalue weighted by molar-refractivity contribution is 5.81. The fourth-order valence-corrected chi connectivity index (χ4v) is 2.54. The quantitative estimate of drug-likeness (QED) is 0.840. The van der Waals surface area contributed by atoms with Gasteiger partial charge < -0.3 is 14.5 Å². The Morgan fingerprint density at radius 3 is 2.33 bits per heavy atom. The molecule has 21 heavy (non-hydrogen) atoms. The van der Waals surface area contributed by atoms with Crippen molar-refractivity contribution in [2.45, 2.75) is 20.8 Å². The molecule has 1 heterocycles. The molecule has 1 aliphatic heterocycles. The molecule has 0 bridgehead atoms. The lowest BCUT2D eigenvalue weighted by Gasteiger charge is -2.39. The van der Waals surface area contributed by atoms with Crippen molar-refractivity contribution >= 4 is 11.6 Å². The number of carbonyl (C=O) groups is 1. The third-order valence-electron chi connectivity index (χ3n) is 3.69. The number of piperazine rings is 1. The predicted molar refractivity (Wildman–Crippen MR) is 81.2 cm³/mol. The molecule has 0 unspecified atom stereocenters. The number of methoxy groups -OCH3 is 1. The van der Waals surface area contributed by atoms with E-state index in [9.17, 15) is 9.18 Å². The second-order valence-electron chi connectivity index (χ2n) is 6.35.